The van der Waals surface area contributed by atoms with Gasteiger partial charge in [0.05, 0.1) is 5.69 Å². The van der Waals surface area contributed by atoms with Crippen molar-refractivity contribution < 1.29 is 0 Å². The Kier molecular flexibility index (Phi) is 6.38. The standard InChI is InChI=1S/C11H13N.C2H6/c1-4-9(3)10-7-6-8-12-11(10)5-2;1-2/h4-8H,2H2,1,3H3;1-2H3/b9-4-;. The van der Waals surface area contributed by atoms with Crippen molar-refractivity contribution in [1.29, 1.82) is 0 Å². The highest BCUT2D eigenvalue weighted by Gasteiger charge is 1.99. The van der Waals surface area contributed by atoms with Crippen molar-refractivity contribution in [3.63, 3.8) is 0 Å². The fraction of sp³-hybridized carbons (Fsp3) is 0.308. The maximum atomic E-state index is 4.21. The second-order valence-electron chi connectivity index (χ2n) is 2.61. The Morgan fingerprint density at radius 1 is 1.43 bits per heavy atom. The van der Waals surface area contributed by atoms with Gasteiger partial charge in [-0.25, -0.2) is 0 Å². The number of pyridine rings is 1. The molecule has 0 amide bonds. The highest BCUT2D eigenvalue weighted by Crippen LogP contribution is 2.16. The molecule has 0 atom stereocenters. The summed E-state index contributed by atoms with van der Waals surface area (Å²) in [5.41, 5.74) is 3.35. The SMILES string of the molecule is C=Cc1ncccc1/C(C)=C\C.CC. The molecule has 0 N–H and O–H groups in total. The van der Waals surface area contributed by atoms with E-state index in [2.05, 4.69) is 30.6 Å². The topological polar surface area (TPSA) is 12.9 Å². The molecule has 0 aromatic carbocycles. The molecule has 14 heavy (non-hydrogen) atoms. The van der Waals surface area contributed by atoms with Crippen LogP contribution in [0.4, 0.5) is 0 Å². The van der Waals surface area contributed by atoms with Gasteiger partial charge in [0, 0.05) is 11.8 Å². The molecule has 0 radical (unpaired) electrons. The third-order valence-corrected chi connectivity index (χ3v) is 1.89. The predicted octanol–water partition coefficient (Wildman–Crippen LogP) is 4.17. The van der Waals surface area contributed by atoms with Gasteiger partial charge in [0.1, 0.15) is 0 Å². The summed E-state index contributed by atoms with van der Waals surface area (Å²) in [6, 6.07) is 3.99. The largest absolute Gasteiger partial charge is 0.256 e. The van der Waals surface area contributed by atoms with Gasteiger partial charge in [0.15, 0.2) is 0 Å². The van der Waals surface area contributed by atoms with E-state index < -0.39 is 0 Å². The van der Waals surface area contributed by atoms with Crippen LogP contribution in [-0.2, 0) is 0 Å². The molecule has 0 unspecified atom stereocenters. The first kappa shape index (κ1) is 12.6. The lowest BCUT2D eigenvalue weighted by atomic mass is 10.1. The maximum absolute atomic E-state index is 4.21. The average Bonchev–Trinajstić information content (AvgIpc) is 2.30. The number of hydrogen-bond acceptors (Lipinski definition) is 1. The van der Waals surface area contributed by atoms with Crippen molar-refractivity contribution in [3.8, 4) is 0 Å². The lowest BCUT2D eigenvalue weighted by Crippen LogP contribution is -1.87. The van der Waals surface area contributed by atoms with Crippen LogP contribution in [-0.4, -0.2) is 4.98 Å². The van der Waals surface area contributed by atoms with Crippen molar-refractivity contribution >= 4 is 11.6 Å². The minimum atomic E-state index is 0.952. The van der Waals surface area contributed by atoms with Crippen LogP contribution in [0.3, 0.4) is 0 Å². The minimum absolute atomic E-state index is 0.952. The molecular weight excluding hydrogens is 170 g/mol. The molecule has 1 rings (SSSR count). The summed E-state index contributed by atoms with van der Waals surface area (Å²) >= 11 is 0. The Bertz CT molecular complexity index is 311. The number of aromatic nitrogens is 1. The first-order valence-electron chi connectivity index (χ1n) is 5.00. The van der Waals surface area contributed by atoms with Gasteiger partial charge >= 0.3 is 0 Å². The maximum Gasteiger partial charge on any atom is 0.0698 e. The summed E-state index contributed by atoms with van der Waals surface area (Å²) in [5, 5.41) is 0. The Morgan fingerprint density at radius 3 is 2.57 bits per heavy atom. The lowest BCUT2D eigenvalue weighted by Gasteiger charge is -2.03. The van der Waals surface area contributed by atoms with Crippen molar-refractivity contribution in [1.82, 2.24) is 4.98 Å². The van der Waals surface area contributed by atoms with Gasteiger partial charge in [-0.3, -0.25) is 4.98 Å². The zero-order chi connectivity index (χ0) is 11.0. The molecular formula is C13H19N. The Hall–Kier alpha value is -1.37. The first-order chi connectivity index (χ1) is 6.79. The van der Waals surface area contributed by atoms with E-state index in [1.165, 1.54) is 5.57 Å². The fourth-order valence-corrected chi connectivity index (χ4v) is 1.07. The van der Waals surface area contributed by atoms with Crippen LogP contribution in [0.25, 0.3) is 11.6 Å². The summed E-state index contributed by atoms with van der Waals surface area (Å²) in [6.07, 6.45) is 5.63. The number of hydrogen-bond donors (Lipinski definition) is 0. The molecule has 0 spiro atoms. The summed E-state index contributed by atoms with van der Waals surface area (Å²) in [7, 11) is 0. The zero-order valence-electron chi connectivity index (χ0n) is 9.54. The van der Waals surface area contributed by atoms with Gasteiger partial charge in [-0.15, -0.1) is 0 Å². The smallest absolute Gasteiger partial charge is 0.0698 e. The Labute approximate surface area is 87.2 Å². The predicted molar refractivity (Wildman–Crippen MR) is 65.0 cm³/mol. The normalized spacial score (nSPS) is 10.1. The van der Waals surface area contributed by atoms with Gasteiger partial charge in [-0.05, 0) is 31.6 Å². The Balaban J connectivity index is 0.000000791. The van der Waals surface area contributed by atoms with Crippen LogP contribution >= 0.6 is 0 Å². The highest BCUT2D eigenvalue weighted by molar-refractivity contribution is 5.70. The van der Waals surface area contributed by atoms with Crippen molar-refractivity contribution in [2.24, 2.45) is 0 Å². The second kappa shape index (κ2) is 7.07. The molecule has 1 aromatic rings. The molecule has 0 aliphatic heterocycles. The fourth-order valence-electron chi connectivity index (χ4n) is 1.07. The van der Waals surface area contributed by atoms with Gasteiger partial charge in [0.25, 0.3) is 0 Å². The van der Waals surface area contributed by atoms with Crippen LogP contribution < -0.4 is 0 Å². The van der Waals surface area contributed by atoms with Crippen molar-refractivity contribution in [2.75, 3.05) is 0 Å². The van der Waals surface area contributed by atoms with E-state index in [0.29, 0.717) is 0 Å². The molecule has 0 aliphatic rings. The first-order valence-corrected chi connectivity index (χ1v) is 5.00. The zero-order valence-corrected chi connectivity index (χ0v) is 9.54. The van der Waals surface area contributed by atoms with E-state index in [-0.39, 0.29) is 0 Å². The molecule has 1 heteroatoms. The van der Waals surface area contributed by atoms with Crippen molar-refractivity contribution in [3.05, 3.63) is 42.2 Å². The van der Waals surface area contributed by atoms with E-state index in [9.17, 15) is 0 Å². The van der Waals surface area contributed by atoms with E-state index >= 15 is 0 Å². The summed E-state index contributed by atoms with van der Waals surface area (Å²) in [6.45, 7) is 11.8. The molecule has 1 nitrogen and oxygen atoms in total. The quantitative estimate of drug-likeness (QED) is 0.680. The summed E-state index contributed by atoms with van der Waals surface area (Å²) in [4.78, 5) is 4.21. The summed E-state index contributed by atoms with van der Waals surface area (Å²) in [5.74, 6) is 0. The van der Waals surface area contributed by atoms with Gasteiger partial charge in [-0.2, -0.15) is 0 Å². The van der Waals surface area contributed by atoms with Crippen LogP contribution in [0.1, 0.15) is 39.0 Å². The molecule has 1 heterocycles. The van der Waals surface area contributed by atoms with Gasteiger partial charge < -0.3 is 0 Å². The molecule has 76 valence electrons. The van der Waals surface area contributed by atoms with E-state index in [4.69, 9.17) is 0 Å². The second-order valence-corrected chi connectivity index (χ2v) is 2.61. The third kappa shape index (κ3) is 3.17. The van der Waals surface area contributed by atoms with E-state index in [1.807, 2.05) is 26.8 Å². The van der Waals surface area contributed by atoms with Crippen LogP contribution in [0.15, 0.2) is 31.0 Å². The van der Waals surface area contributed by atoms with Gasteiger partial charge in [0.2, 0.25) is 0 Å². The molecule has 0 saturated carbocycles. The molecule has 0 saturated heterocycles. The third-order valence-electron chi connectivity index (χ3n) is 1.89. The lowest BCUT2D eigenvalue weighted by molar-refractivity contribution is 1.27. The monoisotopic (exact) mass is 189 g/mol. The van der Waals surface area contributed by atoms with Crippen molar-refractivity contribution in [2.45, 2.75) is 27.7 Å². The highest BCUT2D eigenvalue weighted by atomic mass is 14.7. The molecule has 1 aromatic heterocycles. The van der Waals surface area contributed by atoms with E-state index in [0.717, 1.165) is 11.3 Å². The van der Waals surface area contributed by atoms with Gasteiger partial charge in [-0.1, -0.05) is 32.6 Å². The molecule has 0 fully saturated rings. The number of nitrogens with zero attached hydrogens (tertiary/aromatic N) is 1. The van der Waals surface area contributed by atoms with E-state index in [1.54, 1.807) is 12.3 Å². The number of rotatable bonds is 2. The summed E-state index contributed by atoms with van der Waals surface area (Å²) < 4.78 is 0. The average molecular weight is 189 g/mol. The van der Waals surface area contributed by atoms with Crippen LogP contribution in [0.5, 0.6) is 0 Å². The molecule has 0 bridgehead atoms. The Morgan fingerprint density at radius 2 is 2.07 bits per heavy atom. The number of allylic oxidation sites excluding steroid dienone is 2. The van der Waals surface area contributed by atoms with Crippen LogP contribution in [0.2, 0.25) is 0 Å². The minimum Gasteiger partial charge on any atom is -0.256 e. The molecule has 0 aliphatic carbocycles. The van der Waals surface area contributed by atoms with Crippen LogP contribution in [0, 0.1) is 0 Å².